The molecule has 0 aromatic heterocycles. The molecule has 3 aromatic carbocycles. The van der Waals surface area contributed by atoms with Crippen molar-refractivity contribution < 1.29 is 18.9 Å². The minimum atomic E-state index is 0.223. The van der Waals surface area contributed by atoms with Gasteiger partial charge in [0, 0.05) is 38.7 Å². The average Bonchev–Trinajstić information content (AvgIpc) is 3.23. The molecule has 0 aliphatic carbocycles. The van der Waals surface area contributed by atoms with Gasteiger partial charge in [-0.25, -0.2) is 0 Å². The molecule has 1 heterocycles. The van der Waals surface area contributed by atoms with E-state index in [1.165, 1.54) is 0 Å². The van der Waals surface area contributed by atoms with Crippen LogP contribution in [0.1, 0.15) is 16.7 Å². The zero-order valence-electron chi connectivity index (χ0n) is 16.7. The van der Waals surface area contributed by atoms with Crippen LogP contribution in [0.3, 0.4) is 0 Å². The molecule has 31 heavy (non-hydrogen) atoms. The summed E-state index contributed by atoms with van der Waals surface area (Å²) in [5.41, 5.74) is 2.75. The standard InChI is InChI=1S/C23H20BrCl2NO4/c1-28-21-8-6-17(24)15(23(21)29-12-16-18(25)3-2-4-19(16)26)11-27-10-14-5-7-20-22(9-14)31-13-30-20/h2-9,27H,10-13H2,1H3. The Morgan fingerprint density at radius 1 is 0.968 bits per heavy atom. The first kappa shape index (κ1) is 22.1. The van der Waals surface area contributed by atoms with Crippen molar-refractivity contribution in [2.75, 3.05) is 13.9 Å². The normalized spacial score (nSPS) is 12.1. The second kappa shape index (κ2) is 10.0. The first-order valence-corrected chi connectivity index (χ1v) is 11.1. The highest BCUT2D eigenvalue weighted by Gasteiger charge is 2.17. The Hall–Kier alpha value is -2.12. The summed E-state index contributed by atoms with van der Waals surface area (Å²) in [6.45, 7) is 1.69. The number of hydrogen-bond donors (Lipinski definition) is 1. The number of ether oxygens (including phenoxy) is 4. The van der Waals surface area contributed by atoms with E-state index in [4.69, 9.17) is 42.1 Å². The maximum atomic E-state index is 6.30. The van der Waals surface area contributed by atoms with Crippen LogP contribution in [0.25, 0.3) is 0 Å². The predicted octanol–water partition coefficient (Wildman–Crippen LogP) is 6.36. The molecule has 8 heteroatoms. The van der Waals surface area contributed by atoms with Gasteiger partial charge in [-0.05, 0) is 42.0 Å². The molecule has 0 fully saturated rings. The molecule has 0 saturated carbocycles. The Labute approximate surface area is 199 Å². The topological polar surface area (TPSA) is 49.0 Å². The zero-order valence-corrected chi connectivity index (χ0v) is 19.8. The van der Waals surface area contributed by atoms with Crippen molar-refractivity contribution in [1.29, 1.82) is 0 Å². The van der Waals surface area contributed by atoms with E-state index in [1.807, 2.05) is 30.3 Å². The van der Waals surface area contributed by atoms with Gasteiger partial charge in [0.1, 0.15) is 6.61 Å². The van der Waals surface area contributed by atoms with E-state index in [0.717, 1.165) is 32.7 Å². The van der Waals surface area contributed by atoms with Crippen molar-refractivity contribution in [3.8, 4) is 23.0 Å². The third-order valence-electron chi connectivity index (χ3n) is 4.88. The number of benzene rings is 3. The van der Waals surface area contributed by atoms with Crippen molar-refractivity contribution in [2.24, 2.45) is 0 Å². The molecule has 4 rings (SSSR count). The molecule has 0 atom stereocenters. The number of fused-ring (bicyclic) bond motifs is 1. The van der Waals surface area contributed by atoms with Crippen LogP contribution in [0.15, 0.2) is 53.0 Å². The largest absolute Gasteiger partial charge is 0.493 e. The maximum Gasteiger partial charge on any atom is 0.231 e. The SMILES string of the molecule is COc1ccc(Br)c(CNCc2ccc3c(c2)OCO3)c1OCc1c(Cl)cccc1Cl. The number of hydrogen-bond acceptors (Lipinski definition) is 5. The average molecular weight is 525 g/mol. The lowest BCUT2D eigenvalue weighted by Crippen LogP contribution is -2.14. The van der Waals surface area contributed by atoms with E-state index < -0.39 is 0 Å². The van der Waals surface area contributed by atoms with Gasteiger partial charge in [-0.15, -0.1) is 0 Å². The van der Waals surface area contributed by atoms with Crippen LogP contribution < -0.4 is 24.3 Å². The zero-order chi connectivity index (χ0) is 21.8. The Morgan fingerprint density at radius 2 is 1.74 bits per heavy atom. The highest BCUT2D eigenvalue weighted by molar-refractivity contribution is 9.10. The predicted molar refractivity (Wildman–Crippen MR) is 125 cm³/mol. The summed E-state index contributed by atoms with van der Waals surface area (Å²) in [6.07, 6.45) is 0. The molecule has 5 nitrogen and oxygen atoms in total. The van der Waals surface area contributed by atoms with E-state index in [0.29, 0.717) is 34.6 Å². The molecule has 0 saturated heterocycles. The Morgan fingerprint density at radius 3 is 2.52 bits per heavy atom. The summed E-state index contributed by atoms with van der Waals surface area (Å²) < 4.78 is 23.4. The summed E-state index contributed by atoms with van der Waals surface area (Å²) >= 11 is 16.2. The van der Waals surface area contributed by atoms with Crippen LogP contribution in [-0.2, 0) is 19.7 Å². The van der Waals surface area contributed by atoms with Gasteiger partial charge in [0.15, 0.2) is 23.0 Å². The van der Waals surface area contributed by atoms with Crippen molar-refractivity contribution in [2.45, 2.75) is 19.7 Å². The van der Waals surface area contributed by atoms with Gasteiger partial charge in [0.05, 0.1) is 7.11 Å². The summed E-state index contributed by atoms with van der Waals surface area (Å²) in [5.74, 6) is 2.80. The van der Waals surface area contributed by atoms with E-state index in [1.54, 1.807) is 25.3 Å². The number of halogens is 3. The lowest BCUT2D eigenvalue weighted by molar-refractivity contribution is 0.174. The molecule has 0 unspecified atom stereocenters. The third kappa shape index (κ3) is 5.04. The van der Waals surface area contributed by atoms with E-state index in [2.05, 4.69) is 21.2 Å². The Kier molecular flexibility index (Phi) is 7.13. The molecule has 0 amide bonds. The molecular weight excluding hydrogens is 505 g/mol. The Balaban J connectivity index is 1.50. The minimum Gasteiger partial charge on any atom is -0.493 e. The summed E-state index contributed by atoms with van der Waals surface area (Å²) in [6, 6.07) is 15.1. The van der Waals surface area contributed by atoms with Crippen LogP contribution in [0.5, 0.6) is 23.0 Å². The molecule has 162 valence electrons. The fourth-order valence-corrected chi connectivity index (χ4v) is 4.22. The summed E-state index contributed by atoms with van der Waals surface area (Å²) in [4.78, 5) is 0. The molecule has 0 bridgehead atoms. The van der Waals surface area contributed by atoms with Crippen molar-refractivity contribution >= 4 is 39.1 Å². The number of nitrogens with one attached hydrogen (secondary N) is 1. The van der Waals surface area contributed by atoms with Crippen LogP contribution in [0, 0.1) is 0 Å². The fraction of sp³-hybridized carbons (Fsp3) is 0.217. The lowest BCUT2D eigenvalue weighted by atomic mass is 10.1. The lowest BCUT2D eigenvalue weighted by Gasteiger charge is -2.18. The Bertz CT molecular complexity index is 1070. The maximum absolute atomic E-state index is 6.30. The van der Waals surface area contributed by atoms with Crippen molar-refractivity contribution in [3.63, 3.8) is 0 Å². The van der Waals surface area contributed by atoms with Gasteiger partial charge < -0.3 is 24.3 Å². The second-order valence-electron chi connectivity index (χ2n) is 6.84. The number of methoxy groups -OCH3 is 1. The van der Waals surface area contributed by atoms with Gasteiger partial charge in [0.25, 0.3) is 0 Å². The highest BCUT2D eigenvalue weighted by Crippen LogP contribution is 2.38. The molecule has 3 aromatic rings. The molecule has 0 radical (unpaired) electrons. The van der Waals surface area contributed by atoms with Gasteiger partial charge in [-0.2, -0.15) is 0 Å². The quantitative estimate of drug-likeness (QED) is 0.371. The fourth-order valence-electron chi connectivity index (χ4n) is 3.26. The summed E-state index contributed by atoms with van der Waals surface area (Å²) in [5, 5.41) is 4.57. The van der Waals surface area contributed by atoms with Crippen LogP contribution in [0.4, 0.5) is 0 Å². The molecule has 1 aliphatic rings. The van der Waals surface area contributed by atoms with Crippen LogP contribution >= 0.6 is 39.1 Å². The van der Waals surface area contributed by atoms with Gasteiger partial charge in [-0.1, -0.05) is 51.3 Å². The molecule has 1 aliphatic heterocycles. The first-order valence-electron chi connectivity index (χ1n) is 9.57. The first-order chi connectivity index (χ1) is 15.1. The number of rotatable bonds is 8. The van der Waals surface area contributed by atoms with Crippen LogP contribution in [-0.4, -0.2) is 13.9 Å². The highest BCUT2D eigenvalue weighted by atomic mass is 79.9. The van der Waals surface area contributed by atoms with Crippen molar-refractivity contribution in [3.05, 3.63) is 79.7 Å². The van der Waals surface area contributed by atoms with Crippen molar-refractivity contribution in [1.82, 2.24) is 5.32 Å². The second-order valence-corrected chi connectivity index (χ2v) is 8.51. The van der Waals surface area contributed by atoms with Gasteiger partial charge in [-0.3, -0.25) is 0 Å². The van der Waals surface area contributed by atoms with E-state index >= 15 is 0 Å². The monoisotopic (exact) mass is 523 g/mol. The van der Waals surface area contributed by atoms with E-state index in [9.17, 15) is 0 Å². The van der Waals surface area contributed by atoms with Gasteiger partial charge in [0.2, 0.25) is 6.79 Å². The summed E-state index contributed by atoms with van der Waals surface area (Å²) in [7, 11) is 1.61. The third-order valence-corrected chi connectivity index (χ3v) is 6.33. The molecular formula is C23H20BrCl2NO4. The minimum absolute atomic E-state index is 0.223. The smallest absolute Gasteiger partial charge is 0.231 e. The molecule has 0 spiro atoms. The van der Waals surface area contributed by atoms with Crippen LogP contribution in [0.2, 0.25) is 10.0 Å². The molecule has 1 N–H and O–H groups in total. The van der Waals surface area contributed by atoms with Gasteiger partial charge >= 0.3 is 0 Å². The van der Waals surface area contributed by atoms with E-state index in [-0.39, 0.29) is 13.4 Å².